The minimum absolute atomic E-state index is 0.381. The quantitative estimate of drug-likeness (QED) is 0.743. The van der Waals surface area contributed by atoms with Gasteiger partial charge in [0.1, 0.15) is 0 Å². The molecule has 2 aliphatic rings. The van der Waals surface area contributed by atoms with Gasteiger partial charge in [0.05, 0.1) is 11.7 Å². The van der Waals surface area contributed by atoms with Gasteiger partial charge in [0, 0.05) is 15.1 Å². The molecule has 0 amide bonds. The Morgan fingerprint density at radius 3 is 2.80 bits per heavy atom. The van der Waals surface area contributed by atoms with Crippen LogP contribution in [0.4, 0.5) is 0 Å². The van der Waals surface area contributed by atoms with Crippen molar-refractivity contribution in [1.82, 2.24) is 10.3 Å². The summed E-state index contributed by atoms with van der Waals surface area (Å²) in [6.07, 6.45) is 9.02. The molecule has 1 aromatic rings. The Hall–Kier alpha value is 0.0700. The van der Waals surface area contributed by atoms with Crippen LogP contribution in [0.3, 0.4) is 0 Å². The zero-order chi connectivity index (χ0) is 14.1. The van der Waals surface area contributed by atoms with E-state index in [0.717, 1.165) is 38.9 Å². The van der Waals surface area contributed by atoms with Crippen LogP contribution < -0.4 is 5.32 Å². The number of nitrogens with zero attached hydrogens (tertiary/aromatic N) is 1. The molecule has 0 saturated heterocycles. The van der Waals surface area contributed by atoms with E-state index in [-0.39, 0.29) is 0 Å². The van der Waals surface area contributed by atoms with E-state index in [4.69, 9.17) is 0 Å². The fourth-order valence-electron chi connectivity index (χ4n) is 4.19. The van der Waals surface area contributed by atoms with Gasteiger partial charge < -0.3 is 5.32 Å². The molecule has 4 unspecified atom stereocenters. The van der Waals surface area contributed by atoms with Gasteiger partial charge in [-0.3, -0.25) is 4.98 Å². The van der Waals surface area contributed by atoms with E-state index in [1.165, 1.54) is 32.1 Å². The molecule has 2 saturated carbocycles. The Balaban J connectivity index is 1.75. The highest BCUT2D eigenvalue weighted by Crippen LogP contribution is 2.51. The van der Waals surface area contributed by atoms with Crippen molar-refractivity contribution >= 4 is 31.9 Å². The number of aromatic nitrogens is 1. The highest BCUT2D eigenvalue weighted by Gasteiger charge is 2.40. The minimum Gasteiger partial charge on any atom is -0.309 e. The summed E-state index contributed by atoms with van der Waals surface area (Å²) in [7, 11) is 0. The van der Waals surface area contributed by atoms with Crippen LogP contribution in [0.25, 0.3) is 0 Å². The smallest absolute Gasteiger partial charge is 0.0715 e. The van der Waals surface area contributed by atoms with Crippen molar-refractivity contribution in [2.45, 2.75) is 45.1 Å². The van der Waals surface area contributed by atoms with Crippen LogP contribution in [0.5, 0.6) is 0 Å². The van der Waals surface area contributed by atoms with Crippen molar-refractivity contribution in [3.63, 3.8) is 0 Å². The Labute approximate surface area is 138 Å². The Morgan fingerprint density at radius 2 is 2.20 bits per heavy atom. The van der Waals surface area contributed by atoms with Crippen LogP contribution in [0.2, 0.25) is 0 Å². The molecular weight excluding hydrogens is 380 g/mol. The molecule has 4 heteroatoms. The molecule has 2 aliphatic carbocycles. The lowest BCUT2D eigenvalue weighted by Gasteiger charge is -2.27. The standard InChI is InChI=1S/C16H22Br2N2/c1-2-19-15(16-14(18)8-13(17)9-20-16)7-12-6-10-3-4-11(12)5-10/h8-12,15,19H,2-7H2,1H3. The van der Waals surface area contributed by atoms with E-state index in [9.17, 15) is 0 Å². The summed E-state index contributed by atoms with van der Waals surface area (Å²) in [5.74, 6) is 2.90. The van der Waals surface area contributed by atoms with E-state index in [2.05, 4.69) is 55.2 Å². The van der Waals surface area contributed by atoms with E-state index >= 15 is 0 Å². The van der Waals surface area contributed by atoms with E-state index in [1.807, 2.05) is 6.20 Å². The van der Waals surface area contributed by atoms with Crippen molar-refractivity contribution in [1.29, 1.82) is 0 Å². The van der Waals surface area contributed by atoms with Crippen molar-refractivity contribution in [2.24, 2.45) is 17.8 Å². The second-order valence-corrected chi connectivity index (χ2v) is 8.07. The fraction of sp³-hybridized carbons (Fsp3) is 0.688. The van der Waals surface area contributed by atoms with Crippen molar-refractivity contribution in [3.8, 4) is 0 Å². The first-order chi connectivity index (χ1) is 9.67. The van der Waals surface area contributed by atoms with Gasteiger partial charge in [-0.15, -0.1) is 0 Å². The predicted molar refractivity (Wildman–Crippen MR) is 89.6 cm³/mol. The minimum atomic E-state index is 0.381. The van der Waals surface area contributed by atoms with E-state index in [1.54, 1.807) is 0 Å². The molecule has 110 valence electrons. The van der Waals surface area contributed by atoms with Crippen LogP contribution in [-0.4, -0.2) is 11.5 Å². The predicted octanol–water partition coefficient (Wildman–Crippen LogP) is 5.08. The number of rotatable bonds is 5. The lowest BCUT2D eigenvalue weighted by molar-refractivity contribution is 0.278. The zero-order valence-electron chi connectivity index (χ0n) is 11.9. The number of hydrogen-bond acceptors (Lipinski definition) is 2. The summed E-state index contributed by atoms with van der Waals surface area (Å²) >= 11 is 7.16. The molecule has 0 spiro atoms. The number of nitrogens with one attached hydrogen (secondary N) is 1. The van der Waals surface area contributed by atoms with E-state index < -0.39 is 0 Å². The molecular formula is C16H22Br2N2. The second-order valence-electron chi connectivity index (χ2n) is 6.30. The maximum atomic E-state index is 4.64. The first-order valence-electron chi connectivity index (χ1n) is 7.71. The van der Waals surface area contributed by atoms with Gasteiger partial charge in [0.2, 0.25) is 0 Å². The molecule has 2 nitrogen and oxygen atoms in total. The molecule has 1 aromatic heterocycles. The number of halogens is 2. The van der Waals surface area contributed by atoms with E-state index in [0.29, 0.717) is 6.04 Å². The number of fused-ring (bicyclic) bond motifs is 2. The summed E-state index contributed by atoms with van der Waals surface area (Å²) < 4.78 is 2.14. The van der Waals surface area contributed by atoms with Crippen molar-refractivity contribution in [2.75, 3.05) is 6.54 Å². The molecule has 3 rings (SSSR count). The first-order valence-corrected chi connectivity index (χ1v) is 9.30. The highest BCUT2D eigenvalue weighted by molar-refractivity contribution is 9.11. The monoisotopic (exact) mass is 400 g/mol. The van der Waals surface area contributed by atoms with Crippen LogP contribution in [-0.2, 0) is 0 Å². The van der Waals surface area contributed by atoms with Gasteiger partial charge in [0.15, 0.2) is 0 Å². The summed E-state index contributed by atoms with van der Waals surface area (Å²) in [6, 6.07) is 2.49. The van der Waals surface area contributed by atoms with Crippen LogP contribution in [0.1, 0.15) is 50.8 Å². The normalized spacial score (nSPS) is 29.9. The maximum absolute atomic E-state index is 4.64. The van der Waals surface area contributed by atoms with Crippen molar-refractivity contribution in [3.05, 3.63) is 26.9 Å². The molecule has 0 aromatic carbocycles. The first kappa shape index (κ1) is 15.0. The summed E-state index contributed by atoms with van der Waals surface area (Å²) in [5, 5.41) is 3.64. The summed E-state index contributed by atoms with van der Waals surface area (Å²) in [4.78, 5) is 4.64. The molecule has 0 radical (unpaired) electrons. The largest absolute Gasteiger partial charge is 0.309 e. The summed E-state index contributed by atoms with van der Waals surface area (Å²) in [6.45, 7) is 3.18. The third-order valence-corrected chi connectivity index (χ3v) is 6.11. The molecule has 0 aliphatic heterocycles. The SMILES string of the molecule is CCNC(CC1CC2CCC1C2)c1ncc(Br)cc1Br. The number of pyridine rings is 1. The van der Waals surface area contributed by atoms with Crippen LogP contribution in [0.15, 0.2) is 21.2 Å². The lowest BCUT2D eigenvalue weighted by atomic mass is 9.83. The molecule has 4 atom stereocenters. The van der Waals surface area contributed by atoms with Gasteiger partial charge in [0.25, 0.3) is 0 Å². The molecule has 1 heterocycles. The zero-order valence-corrected chi connectivity index (χ0v) is 15.1. The van der Waals surface area contributed by atoms with Crippen LogP contribution in [0, 0.1) is 17.8 Å². The van der Waals surface area contributed by atoms with Gasteiger partial charge in [-0.2, -0.15) is 0 Å². The van der Waals surface area contributed by atoms with Crippen molar-refractivity contribution < 1.29 is 0 Å². The molecule has 20 heavy (non-hydrogen) atoms. The maximum Gasteiger partial charge on any atom is 0.0715 e. The Kier molecular flexibility index (Phi) is 4.83. The number of hydrogen-bond donors (Lipinski definition) is 1. The Morgan fingerprint density at radius 1 is 1.35 bits per heavy atom. The average molecular weight is 402 g/mol. The average Bonchev–Trinajstić information content (AvgIpc) is 3.00. The second kappa shape index (κ2) is 6.45. The summed E-state index contributed by atoms with van der Waals surface area (Å²) in [5.41, 5.74) is 1.16. The van der Waals surface area contributed by atoms with Gasteiger partial charge in [-0.1, -0.05) is 13.3 Å². The van der Waals surface area contributed by atoms with Gasteiger partial charge >= 0.3 is 0 Å². The van der Waals surface area contributed by atoms with Gasteiger partial charge in [-0.25, -0.2) is 0 Å². The molecule has 1 N–H and O–H groups in total. The van der Waals surface area contributed by atoms with Crippen LogP contribution >= 0.6 is 31.9 Å². The third kappa shape index (κ3) is 3.12. The topological polar surface area (TPSA) is 24.9 Å². The molecule has 2 fully saturated rings. The fourth-order valence-corrected chi connectivity index (χ4v) is 5.45. The lowest BCUT2D eigenvalue weighted by Crippen LogP contribution is -2.26. The highest BCUT2D eigenvalue weighted by atomic mass is 79.9. The molecule has 2 bridgehead atoms. The third-order valence-electron chi connectivity index (χ3n) is 5.04. The van der Waals surface area contributed by atoms with Gasteiger partial charge in [-0.05, 0) is 87.9 Å². The Bertz CT molecular complexity index is 478.